The summed E-state index contributed by atoms with van der Waals surface area (Å²) in [6, 6.07) is 3.92. The normalized spacial score (nSPS) is 10.8. The molecule has 108 valence electrons. The molecule has 2 aromatic rings. The maximum Gasteiger partial charge on any atom is 0.142 e. The number of aromatic nitrogens is 3. The lowest BCUT2D eigenvalue weighted by atomic mass is 10.3. The molecule has 0 fully saturated rings. The highest BCUT2D eigenvalue weighted by Crippen LogP contribution is 2.25. The summed E-state index contributed by atoms with van der Waals surface area (Å²) in [7, 11) is 0. The quantitative estimate of drug-likeness (QED) is 0.705. The van der Waals surface area contributed by atoms with E-state index in [-0.39, 0.29) is 0 Å². The van der Waals surface area contributed by atoms with Crippen LogP contribution in [-0.2, 0) is 18.5 Å². The second-order valence-corrected chi connectivity index (χ2v) is 5.84. The predicted octanol–water partition coefficient (Wildman–Crippen LogP) is 4.15. The summed E-state index contributed by atoms with van der Waals surface area (Å²) in [4.78, 5) is 4.47. The lowest BCUT2D eigenvalue weighted by Crippen LogP contribution is -2.07. The van der Waals surface area contributed by atoms with E-state index in [9.17, 15) is 0 Å². The first-order chi connectivity index (χ1) is 9.56. The first-order valence-electron chi connectivity index (χ1n) is 6.43. The highest BCUT2D eigenvalue weighted by molar-refractivity contribution is 9.10. The molecule has 0 aliphatic rings. The average molecular weight is 403 g/mol. The van der Waals surface area contributed by atoms with Crippen molar-refractivity contribution in [2.24, 2.45) is 0 Å². The number of rotatable bonds is 5. The van der Waals surface area contributed by atoms with Crippen LogP contribution < -0.4 is 4.74 Å². The minimum atomic E-state index is 0.472. The van der Waals surface area contributed by atoms with Crippen LogP contribution in [0.25, 0.3) is 0 Å². The number of alkyl halides is 1. The van der Waals surface area contributed by atoms with Crippen LogP contribution >= 0.6 is 31.9 Å². The van der Waals surface area contributed by atoms with Gasteiger partial charge in [-0.25, -0.2) is 0 Å². The minimum Gasteiger partial charge on any atom is -0.485 e. The van der Waals surface area contributed by atoms with Gasteiger partial charge in [-0.15, -0.1) is 0 Å². The van der Waals surface area contributed by atoms with Gasteiger partial charge < -0.3 is 4.74 Å². The Kier molecular flexibility index (Phi) is 5.21. The molecular formula is C14H17Br2N3O. The highest BCUT2D eigenvalue weighted by atomic mass is 79.9. The predicted molar refractivity (Wildman–Crippen MR) is 86.3 cm³/mol. The topological polar surface area (TPSA) is 39.9 Å². The zero-order valence-electron chi connectivity index (χ0n) is 11.8. The van der Waals surface area contributed by atoms with Crippen LogP contribution in [0.5, 0.6) is 5.75 Å². The number of aryl methyl sites for hydroxylation is 3. The van der Waals surface area contributed by atoms with Gasteiger partial charge in [-0.05, 0) is 48.8 Å². The maximum absolute atomic E-state index is 5.92. The van der Waals surface area contributed by atoms with Crippen molar-refractivity contribution >= 4 is 31.9 Å². The second kappa shape index (κ2) is 6.72. The van der Waals surface area contributed by atoms with Crippen molar-refractivity contribution in [3.8, 4) is 5.75 Å². The summed E-state index contributed by atoms with van der Waals surface area (Å²) >= 11 is 7.02. The third-order valence-corrected chi connectivity index (χ3v) is 4.58. The van der Waals surface area contributed by atoms with Gasteiger partial charge in [0.1, 0.15) is 12.4 Å². The minimum absolute atomic E-state index is 0.472. The Balaban J connectivity index is 2.21. The van der Waals surface area contributed by atoms with Crippen molar-refractivity contribution in [3.63, 3.8) is 0 Å². The largest absolute Gasteiger partial charge is 0.485 e. The molecule has 0 radical (unpaired) electrons. The van der Waals surface area contributed by atoms with Crippen LogP contribution in [-0.4, -0.2) is 14.8 Å². The van der Waals surface area contributed by atoms with E-state index < -0.39 is 0 Å². The van der Waals surface area contributed by atoms with Gasteiger partial charge in [0.05, 0.1) is 21.6 Å². The van der Waals surface area contributed by atoms with Crippen LogP contribution in [0.4, 0.5) is 0 Å². The van der Waals surface area contributed by atoms with Crippen molar-refractivity contribution in [3.05, 3.63) is 39.4 Å². The van der Waals surface area contributed by atoms with Gasteiger partial charge in [-0.3, -0.25) is 9.67 Å². The smallest absolute Gasteiger partial charge is 0.142 e. The van der Waals surface area contributed by atoms with Gasteiger partial charge in [-0.1, -0.05) is 15.9 Å². The monoisotopic (exact) mass is 401 g/mol. The molecule has 4 nitrogen and oxygen atoms in total. The Hall–Kier alpha value is -0.880. The number of hydrogen-bond acceptors (Lipinski definition) is 3. The van der Waals surface area contributed by atoms with E-state index in [1.54, 1.807) is 0 Å². The molecule has 20 heavy (non-hydrogen) atoms. The summed E-state index contributed by atoms with van der Waals surface area (Å²) < 4.78 is 8.89. The molecule has 0 aliphatic heterocycles. The van der Waals surface area contributed by atoms with Crippen LogP contribution in [0, 0.1) is 13.8 Å². The Labute approximate surface area is 135 Å². The van der Waals surface area contributed by atoms with Crippen molar-refractivity contribution in [1.29, 1.82) is 0 Å². The Morgan fingerprint density at radius 1 is 1.30 bits per heavy atom. The van der Waals surface area contributed by atoms with E-state index in [0.717, 1.165) is 39.5 Å². The van der Waals surface area contributed by atoms with Gasteiger partial charge in [0.15, 0.2) is 0 Å². The van der Waals surface area contributed by atoms with Crippen LogP contribution in [0.1, 0.15) is 29.7 Å². The number of hydrogen-bond donors (Lipinski definition) is 0. The van der Waals surface area contributed by atoms with E-state index in [4.69, 9.17) is 4.74 Å². The van der Waals surface area contributed by atoms with E-state index in [0.29, 0.717) is 11.9 Å². The SMILES string of the molecule is CCn1nc(C)c(Br)c1COc1ccc(C)nc1CBr. The van der Waals surface area contributed by atoms with Gasteiger partial charge >= 0.3 is 0 Å². The van der Waals surface area contributed by atoms with Crippen LogP contribution in [0.2, 0.25) is 0 Å². The lowest BCUT2D eigenvalue weighted by molar-refractivity contribution is 0.288. The number of halogens is 2. The molecule has 0 saturated heterocycles. The van der Waals surface area contributed by atoms with Crippen molar-refractivity contribution in [2.45, 2.75) is 39.3 Å². The summed E-state index contributed by atoms with van der Waals surface area (Å²) in [6.07, 6.45) is 0. The number of nitrogens with zero attached hydrogens (tertiary/aromatic N) is 3. The molecule has 2 heterocycles. The molecule has 0 bridgehead atoms. The molecule has 0 amide bonds. The van der Waals surface area contributed by atoms with Crippen LogP contribution in [0.3, 0.4) is 0 Å². The molecule has 0 aliphatic carbocycles. The Morgan fingerprint density at radius 2 is 2.05 bits per heavy atom. The van der Waals surface area contributed by atoms with Gasteiger partial charge in [0.25, 0.3) is 0 Å². The molecular weight excluding hydrogens is 386 g/mol. The molecule has 0 saturated carbocycles. The lowest BCUT2D eigenvalue weighted by Gasteiger charge is -2.11. The second-order valence-electron chi connectivity index (χ2n) is 4.48. The molecule has 0 spiro atoms. The number of pyridine rings is 1. The Bertz CT molecular complexity index is 611. The first kappa shape index (κ1) is 15.5. The molecule has 0 atom stereocenters. The van der Waals surface area contributed by atoms with Crippen LogP contribution in [0.15, 0.2) is 16.6 Å². The van der Waals surface area contributed by atoms with E-state index in [2.05, 4.69) is 48.9 Å². The zero-order valence-corrected chi connectivity index (χ0v) is 15.0. The van der Waals surface area contributed by atoms with Gasteiger partial charge in [-0.2, -0.15) is 5.10 Å². The van der Waals surface area contributed by atoms with Crippen molar-refractivity contribution in [2.75, 3.05) is 0 Å². The summed E-state index contributed by atoms with van der Waals surface area (Å²) in [5.41, 5.74) is 3.93. The van der Waals surface area contributed by atoms with E-state index >= 15 is 0 Å². The van der Waals surface area contributed by atoms with Gasteiger partial charge in [0.2, 0.25) is 0 Å². The zero-order chi connectivity index (χ0) is 14.7. The van der Waals surface area contributed by atoms with E-state index in [1.807, 2.05) is 30.7 Å². The average Bonchev–Trinajstić information content (AvgIpc) is 2.72. The number of ether oxygens (including phenoxy) is 1. The maximum atomic E-state index is 5.92. The van der Waals surface area contributed by atoms with Crippen molar-refractivity contribution < 1.29 is 4.74 Å². The third-order valence-electron chi connectivity index (χ3n) is 3.02. The fourth-order valence-electron chi connectivity index (χ4n) is 1.98. The fourth-order valence-corrected chi connectivity index (χ4v) is 2.78. The van der Waals surface area contributed by atoms with Gasteiger partial charge in [0, 0.05) is 17.6 Å². The first-order valence-corrected chi connectivity index (χ1v) is 8.35. The van der Waals surface area contributed by atoms with E-state index in [1.165, 1.54) is 0 Å². The highest BCUT2D eigenvalue weighted by Gasteiger charge is 2.13. The fraction of sp³-hybridized carbons (Fsp3) is 0.429. The molecule has 0 unspecified atom stereocenters. The molecule has 0 aromatic carbocycles. The summed E-state index contributed by atoms with van der Waals surface area (Å²) in [5, 5.41) is 5.14. The molecule has 0 N–H and O–H groups in total. The Morgan fingerprint density at radius 3 is 2.70 bits per heavy atom. The molecule has 2 rings (SSSR count). The standard InChI is InChI=1S/C14H17Br2N3O/c1-4-19-12(14(16)10(3)18-19)8-20-13-6-5-9(2)17-11(13)7-15/h5-6H,4,7-8H2,1-3H3. The summed E-state index contributed by atoms with van der Waals surface area (Å²) in [6.45, 7) is 7.32. The third kappa shape index (κ3) is 3.23. The molecule has 6 heteroatoms. The van der Waals surface area contributed by atoms with Crippen molar-refractivity contribution in [1.82, 2.24) is 14.8 Å². The molecule has 2 aromatic heterocycles. The summed E-state index contributed by atoms with van der Waals surface area (Å²) in [5.74, 6) is 0.806.